The van der Waals surface area contributed by atoms with Crippen molar-refractivity contribution in [1.82, 2.24) is 14.7 Å². The van der Waals surface area contributed by atoms with Gasteiger partial charge in [-0.2, -0.15) is 13.2 Å². The molecule has 26 heavy (non-hydrogen) atoms. The summed E-state index contributed by atoms with van der Waals surface area (Å²) in [6.07, 6.45) is -3.13. The summed E-state index contributed by atoms with van der Waals surface area (Å²) in [5, 5.41) is 0. The molecule has 2 aliphatic heterocycles. The Bertz CT molecular complexity index is 637. The number of hydrogen-bond donors (Lipinski definition) is 0. The largest absolute Gasteiger partial charge is 0.406 e. The van der Waals surface area contributed by atoms with E-state index in [1.807, 2.05) is 4.90 Å². The number of rotatable bonds is 4. The van der Waals surface area contributed by atoms with Crippen LogP contribution in [0, 0.1) is 5.82 Å². The Kier molecular flexibility index (Phi) is 5.82. The summed E-state index contributed by atoms with van der Waals surface area (Å²) in [7, 11) is 0. The Morgan fingerprint density at radius 2 is 1.81 bits per heavy atom. The summed E-state index contributed by atoms with van der Waals surface area (Å²) < 4.78 is 51.5. The van der Waals surface area contributed by atoms with E-state index in [0.29, 0.717) is 38.2 Å². The average Bonchev–Trinajstić information content (AvgIpc) is 2.78. The van der Waals surface area contributed by atoms with Gasteiger partial charge in [-0.25, -0.2) is 4.39 Å². The molecule has 1 aromatic rings. The first kappa shape index (κ1) is 19.1. The maximum atomic E-state index is 13.8. The van der Waals surface area contributed by atoms with Crippen LogP contribution in [0.5, 0.6) is 0 Å². The van der Waals surface area contributed by atoms with Gasteiger partial charge in [-0.15, -0.1) is 0 Å². The molecule has 0 saturated carbocycles. The van der Waals surface area contributed by atoms with Gasteiger partial charge in [-0.1, -0.05) is 18.2 Å². The van der Waals surface area contributed by atoms with Gasteiger partial charge < -0.3 is 4.90 Å². The van der Waals surface area contributed by atoms with Crippen LogP contribution in [-0.2, 0) is 11.3 Å². The lowest BCUT2D eigenvalue weighted by atomic mass is 10.2. The molecular formula is C18H23F4N3O. The second-order valence-electron chi connectivity index (χ2n) is 6.94. The van der Waals surface area contributed by atoms with Crippen LogP contribution in [0.2, 0.25) is 0 Å². The van der Waals surface area contributed by atoms with Crippen LogP contribution in [0.25, 0.3) is 0 Å². The fourth-order valence-electron chi connectivity index (χ4n) is 3.76. The normalized spacial score (nSPS) is 23.5. The van der Waals surface area contributed by atoms with Crippen molar-refractivity contribution in [3.05, 3.63) is 35.6 Å². The van der Waals surface area contributed by atoms with E-state index in [0.717, 1.165) is 17.9 Å². The summed E-state index contributed by atoms with van der Waals surface area (Å²) in [5.41, 5.74) is 0.634. The summed E-state index contributed by atoms with van der Waals surface area (Å²) in [4.78, 5) is 17.4. The summed E-state index contributed by atoms with van der Waals surface area (Å²) in [6.45, 7) is 2.19. The van der Waals surface area contributed by atoms with Gasteiger partial charge in [0.25, 0.3) is 0 Å². The van der Waals surface area contributed by atoms with Crippen molar-refractivity contribution in [2.24, 2.45) is 0 Å². The second kappa shape index (κ2) is 7.92. The van der Waals surface area contributed by atoms with E-state index in [4.69, 9.17) is 0 Å². The summed E-state index contributed by atoms with van der Waals surface area (Å²) in [5.74, 6) is -0.660. The van der Waals surface area contributed by atoms with Gasteiger partial charge in [0.05, 0.1) is 6.04 Å². The molecular weight excluding hydrogens is 350 g/mol. The molecule has 2 aliphatic rings. The first-order valence-electron chi connectivity index (χ1n) is 8.89. The zero-order chi connectivity index (χ0) is 18.7. The van der Waals surface area contributed by atoms with Crippen molar-refractivity contribution in [3.63, 3.8) is 0 Å². The zero-order valence-corrected chi connectivity index (χ0v) is 14.5. The minimum absolute atomic E-state index is 0.151. The number of carbonyl (C=O) groups excluding carboxylic acids is 1. The molecule has 144 valence electrons. The van der Waals surface area contributed by atoms with E-state index < -0.39 is 24.7 Å². The molecule has 0 N–H and O–H groups in total. The molecule has 3 rings (SSSR count). The number of halogens is 4. The minimum atomic E-state index is -4.36. The number of hydrogen-bond acceptors (Lipinski definition) is 3. The van der Waals surface area contributed by atoms with Gasteiger partial charge in [0, 0.05) is 38.3 Å². The molecule has 1 unspecified atom stereocenters. The van der Waals surface area contributed by atoms with Crippen LogP contribution in [0.15, 0.2) is 24.3 Å². The smallest absolute Gasteiger partial charge is 0.332 e. The highest BCUT2D eigenvalue weighted by Crippen LogP contribution is 2.24. The third-order valence-corrected chi connectivity index (χ3v) is 5.06. The molecule has 0 spiro atoms. The molecule has 2 fully saturated rings. The van der Waals surface area contributed by atoms with Crippen LogP contribution in [0.4, 0.5) is 17.6 Å². The predicted molar refractivity (Wildman–Crippen MR) is 88.9 cm³/mol. The fraction of sp³-hybridized carbons (Fsp3) is 0.611. The van der Waals surface area contributed by atoms with Crippen molar-refractivity contribution >= 4 is 5.91 Å². The third-order valence-electron chi connectivity index (χ3n) is 5.06. The van der Waals surface area contributed by atoms with Gasteiger partial charge in [-0.05, 0) is 25.5 Å². The Balaban J connectivity index is 1.56. The van der Waals surface area contributed by atoms with Crippen LogP contribution in [0.1, 0.15) is 18.4 Å². The molecule has 0 aliphatic carbocycles. The number of nitrogens with zero attached hydrogens (tertiary/aromatic N) is 3. The quantitative estimate of drug-likeness (QED) is 0.759. The Hall–Kier alpha value is -1.67. The van der Waals surface area contributed by atoms with Gasteiger partial charge in [0.2, 0.25) is 5.91 Å². The Morgan fingerprint density at radius 3 is 2.54 bits per heavy atom. The minimum Gasteiger partial charge on any atom is -0.332 e. The monoisotopic (exact) mass is 373 g/mol. The van der Waals surface area contributed by atoms with Crippen molar-refractivity contribution in [3.8, 4) is 0 Å². The topological polar surface area (TPSA) is 26.8 Å². The standard InChI is InChI=1S/C18H23F4N3O/c19-15-5-2-1-4-14(15)12-23-7-3-8-24(11-10-23)16-6-9-25(17(16)26)13-18(20,21)22/h1-2,4-5,16H,3,6-13H2. The van der Waals surface area contributed by atoms with Crippen molar-refractivity contribution in [2.75, 3.05) is 39.3 Å². The molecule has 4 nitrogen and oxygen atoms in total. The van der Waals surface area contributed by atoms with Gasteiger partial charge in [0.1, 0.15) is 12.4 Å². The van der Waals surface area contributed by atoms with E-state index in [1.165, 1.54) is 6.07 Å². The molecule has 1 amide bonds. The number of alkyl halides is 3. The Morgan fingerprint density at radius 1 is 1.04 bits per heavy atom. The van der Waals surface area contributed by atoms with Crippen molar-refractivity contribution < 1.29 is 22.4 Å². The summed E-state index contributed by atoms with van der Waals surface area (Å²) >= 11 is 0. The molecule has 2 saturated heterocycles. The summed E-state index contributed by atoms with van der Waals surface area (Å²) in [6, 6.07) is 6.18. The first-order chi connectivity index (χ1) is 12.3. The zero-order valence-electron chi connectivity index (χ0n) is 14.5. The van der Waals surface area contributed by atoms with E-state index in [-0.39, 0.29) is 12.4 Å². The lowest BCUT2D eigenvalue weighted by molar-refractivity contribution is -0.159. The molecule has 0 aromatic heterocycles. The average molecular weight is 373 g/mol. The maximum absolute atomic E-state index is 13.8. The lowest BCUT2D eigenvalue weighted by Gasteiger charge is -2.27. The van der Waals surface area contributed by atoms with E-state index in [2.05, 4.69) is 4.90 Å². The predicted octanol–water partition coefficient (Wildman–Crippen LogP) is 2.50. The van der Waals surface area contributed by atoms with Gasteiger partial charge >= 0.3 is 6.18 Å². The second-order valence-corrected chi connectivity index (χ2v) is 6.94. The number of carbonyl (C=O) groups is 1. The molecule has 1 atom stereocenters. The third kappa shape index (κ3) is 4.73. The van der Waals surface area contributed by atoms with E-state index >= 15 is 0 Å². The fourth-order valence-corrected chi connectivity index (χ4v) is 3.76. The lowest BCUT2D eigenvalue weighted by Crippen LogP contribution is -2.45. The van der Waals surface area contributed by atoms with Crippen LogP contribution in [0.3, 0.4) is 0 Å². The van der Waals surface area contributed by atoms with Crippen molar-refractivity contribution in [1.29, 1.82) is 0 Å². The van der Waals surface area contributed by atoms with E-state index in [9.17, 15) is 22.4 Å². The molecule has 0 radical (unpaired) electrons. The van der Waals surface area contributed by atoms with Crippen LogP contribution in [-0.4, -0.2) is 72.1 Å². The maximum Gasteiger partial charge on any atom is 0.406 e. The molecule has 1 aromatic carbocycles. The Labute approximate surface area is 150 Å². The highest BCUT2D eigenvalue weighted by atomic mass is 19.4. The first-order valence-corrected chi connectivity index (χ1v) is 8.89. The number of benzene rings is 1. The van der Waals surface area contributed by atoms with Gasteiger partial charge in [-0.3, -0.25) is 14.6 Å². The highest BCUT2D eigenvalue weighted by molar-refractivity contribution is 5.84. The number of amides is 1. The van der Waals surface area contributed by atoms with Crippen LogP contribution >= 0.6 is 0 Å². The van der Waals surface area contributed by atoms with Crippen molar-refractivity contribution in [2.45, 2.75) is 31.6 Å². The molecule has 8 heteroatoms. The molecule has 0 bridgehead atoms. The highest BCUT2D eigenvalue weighted by Gasteiger charge is 2.41. The van der Waals surface area contributed by atoms with E-state index in [1.54, 1.807) is 18.2 Å². The van der Waals surface area contributed by atoms with Crippen LogP contribution < -0.4 is 0 Å². The van der Waals surface area contributed by atoms with Gasteiger partial charge in [0.15, 0.2) is 0 Å². The SMILES string of the molecule is O=C1C(N2CCCN(Cc3ccccc3F)CC2)CCN1CC(F)(F)F. The number of likely N-dealkylation sites (tertiary alicyclic amines) is 1. The molecule has 2 heterocycles.